The number of nitro benzene ring substituents is 1. The monoisotopic (exact) mass is 642 g/mol. The zero-order valence-electron chi connectivity index (χ0n) is 23.5. The van der Waals surface area contributed by atoms with Crippen molar-refractivity contribution in [1.82, 2.24) is 25.1 Å². The molecule has 3 heterocycles. The van der Waals surface area contributed by atoms with Gasteiger partial charge in [-0.25, -0.2) is 4.68 Å². The van der Waals surface area contributed by atoms with Crippen molar-refractivity contribution < 1.29 is 14.2 Å². The number of nitro groups is 1. The van der Waals surface area contributed by atoms with Gasteiger partial charge in [-0.1, -0.05) is 80.9 Å². The number of hydrogen-bond donors (Lipinski definition) is 0. The van der Waals surface area contributed by atoms with E-state index in [1.165, 1.54) is 0 Å². The Hall–Kier alpha value is -4.19. The largest absolute Gasteiger partial charge is 0.365 e. The van der Waals surface area contributed by atoms with Gasteiger partial charge in [0.1, 0.15) is 12.3 Å². The lowest BCUT2D eigenvalue weighted by atomic mass is 10.0. The van der Waals surface area contributed by atoms with Gasteiger partial charge in [-0.15, -0.1) is 5.10 Å². The van der Waals surface area contributed by atoms with E-state index >= 15 is 0 Å². The molecule has 10 nitrogen and oxygen atoms in total. The highest BCUT2D eigenvalue weighted by Crippen LogP contribution is 2.28. The fourth-order valence-corrected chi connectivity index (χ4v) is 5.62. The van der Waals surface area contributed by atoms with Gasteiger partial charge < -0.3 is 9.26 Å². The zero-order valence-corrected chi connectivity index (χ0v) is 25.0. The molecular formula is C32H31BrN6O4. The summed E-state index contributed by atoms with van der Waals surface area (Å²) in [7, 11) is 0. The third-order valence-electron chi connectivity index (χ3n) is 7.73. The van der Waals surface area contributed by atoms with Crippen LogP contribution in [0.1, 0.15) is 47.6 Å². The minimum atomic E-state index is -0.368. The number of piperidine rings is 1. The highest BCUT2D eigenvalue weighted by molar-refractivity contribution is 9.10. The third-order valence-corrected chi connectivity index (χ3v) is 8.26. The van der Waals surface area contributed by atoms with Crippen molar-refractivity contribution in [2.45, 2.75) is 44.6 Å². The third kappa shape index (κ3) is 7.42. The first-order chi connectivity index (χ1) is 21.0. The summed E-state index contributed by atoms with van der Waals surface area (Å²) in [5, 5.41) is 24.1. The molecule has 1 saturated heterocycles. The van der Waals surface area contributed by atoms with Crippen LogP contribution in [-0.4, -0.2) is 43.1 Å². The molecule has 1 aliphatic rings. The summed E-state index contributed by atoms with van der Waals surface area (Å²) in [5.41, 5.74) is 4.88. The minimum Gasteiger partial charge on any atom is -0.365 e. The summed E-state index contributed by atoms with van der Waals surface area (Å²) in [6.07, 6.45) is 4.27. The minimum absolute atomic E-state index is 0.118. The standard InChI is InChI=1S/C32H31BrN6O4/c33-26-10-8-25(9-11-26)32(42-22-30-19-31(35-43-30)24-4-2-1-3-5-24)18-27-21-38(36-34-27)28-14-16-37(17-15-28)20-23-6-12-29(13-7-23)39(40)41/h1-13,19,21,28,32H,14-18,20,22H2. The van der Waals surface area contributed by atoms with Gasteiger partial charge in [0.05, 0.1) is 22.8 Å². The predicted octanol–water partition coefficient (Wildman–Crippen LogP) is 6.94. The molecule has 0 aliphatic carbocycles. The van der Waals surface area contributed by atoms with Gasteiger partial charge in [0.15, 0.2) is 5.76 Å². The first-order valence-electron chi connectivity index (χ1n) is 14.2. The quantitative estimate of drug-likeness (QED) is 0.112. The van der Waals surface area contributed by atoms with Crippen LogP contribution in [0.4, 0.5) is 5.69 Å². The molecule has 2 aromatic heterocycles. The number of benzene rings is 3. The maximum absolute atomic E-state index is 10.9. The molecule has 1 unspecified atom stereocenters. The number of aromatic nitrogens is 4. The second kappa shape index (κ2) is 13.4. The topological polar surface area (TPSA) is 112 Å². The lowest BCUT2D eigenvalue weighted by molar-refractivity contribution is -0.384. The van der Waals surface area contributed by atoms with Crippen molar-refractivity contribution in [3.63, 3.8) is 0 Å². The fraction of sp³-hybridized carbons (Fsp3) is 0.281. The summed E-state index contributed by atoms with van der Waals surface area (Å²) >= 11 is 3.52. The van der Waals surface area contributed by atoms with Crippen molar-refractivity contribution in [3.8, 4) is 11.3 Å². The van der Waals surface area contributed by atoms with E-state index in [4.69, 9.17) is 9.26 Å². The number of nitrogens with zero attached hydrogens (tertiary/aromatic N) is 6. The molecule has 5 aromatic rings. The Bertz CT molecular complexity index is 1630. The SMILES string of the molecule is O=[N+]([O-])c1ccc(CN2CCC(n3cc(CC(OCc4cc(-c5ccccc5)no4)c4ccc(Br)cc4)nn3)CC2)cc1. The molecule has 0 spiro atoms. The molecule has 0 saturated carbocycles. The van der Waals surface area contributed by atoms with Crippen LogP contribution < -0.4 is 0 Å². The van der Waals surface area contributed by atoms with Gasteiger partial charge in [-0.2, -0.15) is 0 Å². The second-order valence-corrected chi connectivity index (χ2v) is 11.6. The van der Waals surface area contributed by atoms with E-state index in [1.807, 2.05) is 71.5 Å². The molecule has 1 aliphatic heterocycles. The van der Waals surface area contributed by atoms with Crippen LogP contribution in [0.3, 0.4) is 0 Å². The van der Waals surface area contributed by atoms with Gasteiger partial charge in [-0.3, -0.25) is 15.0 Å². The molecule has 3 aromatic carbocycles. The molecule has 11 heteroatoms. The Balaban J connectivity index is 1.07. The average molecular weight is 644 g/mol. The zero-order chi connectivity index (χ0) is 29.6. The number of non-ortho nitro benzene ring substituents is 1. The fourth-order valence-electron chi connectivity index (χ4n) is 5.36. The smallest absolute Gasteiger partial charge is 0.269 e. The summed E-state index contributed by atoms with van der Waals surface area (Å²) < 4.78 is 14.9. The number of hydrogen-bond acceptors (Lipinski definition) is 8. The first-order valence-corrected chi connectivity index (χ1v) is 15.0. The normalized spacial score (nSPS) is 15.0. The Labute approximate surface area is 257 Å². The van der Waals surface area contributed by atoms with Crippen molar-refractivity contribution in [1.29, 1.82) is 0 Å². The average Bonchev–Trinajstić information content (AvgIpc) is 3.71. The van der Waals surface area contributed by atoms with Crippen LogP contribution in [-0.2, 0) is 24.3 Å². The maximum atomic E-state index is 10.9. The van der Waals surface area contributed by atoms with E-state index in [-0.39, 0.29) is 29.4 Å². The maximum Gasteiger partial charge on any atom is 0.269 e. The first kappa shape index (κ1) is 28.9. The van der Waals surface area contributed by atoms with Gasteiger partial charge >= 0.3 is 0 Å². The molecule has 0 radical (unpaired) electrons. The Morgan fingerprint density at radius 2 is 1.77 bits per heavy atom. The summed E-state index contributed by atoms with van der Waals surface area (Å²) in [4.78, 5) is 12.9. The van der Waals surface area contributed by atoms with E-state index in [0.717, 1.165) is 65.0 Å². The van der Waals surface area contributed by atoms with E-state index in [2.05, 4.69) is 48.4 Å². The lowest BCUT2D eigenvalue weighted by Crippen LogP contribution is -2.34. The molecule has 0 bridgehead atoms. The van der Waals surface area contributed by atoms with Crippen molar-refractivity contribution in [2.24, 2.45) is 0 Å². The Kier molecular flexibility index (Phi) is 9.01. The van der Waals surface area contributed by atoms with Crippen LogP contribution in [0.15, 0.2) is 100 Å². The molecule has 1 fully saturated rings. The van der Waals surface area contributed by atoms with Gasteiger partial charge in [0, 0.05) is 60.5 Å². The molecule has 43 heavy (non-hydrogen) atoms. The Morgan fingerprint density at radius 3 is 2.49 bits per heavy atom. The molecule has 0 amide bonds. The predicted molar refractivity (Wildman–Crippen MR) is 164 cm³/mol. The van der Waals surface area contributed by atoms with Crippen molar-refractivity contribution >= 4 is 21.6 Å². The van der Waals surface area contributed by atoms with Crippen LogP contribution in [0.2, 0.25) is 0 Å². The van der Waals surface area contributed by atoms with Crippen LogP contribution >= 0.6 is 15.9 Å². The number of rotatable bonds is 11. The van der Waals surface area contributed by atoms with E-state index in [9.17, 15) is 10.1 Å². The van der Waals surface area contributed by atoms with E-state index in [1.54, 1.807) is 12.1 Å². The highest BCUT2D eigenvalue weighted by atomic mass is 79.9. The van der Waals surface area contributed by atoms with E-state index < -0.39 is 0 Å². The second-order valence-electron chi connectivity index (χ2n) is 10.7. The van der Waals surface area contributed by atoms with Crippen molar-refractivity contribution in [3.05, 3.63) is 128 Å². The molecular weight excluding hydrogens is 612 g/mol. The van der Waals surface area contributed by atoms with Crippen LogP contribution in [0.5, 0.6) is 0 Å². The summed E-state index contributed by atoms with van der Waals surface area (Å²) in [6.45, 7) is 2.90. The van der Waals surface area contributed by atoms with Gasteiger partial charge in [0.2, 0.25) is 0 Å². The molecule has 6 rings (SSSR count). The molecule has 1 atom stereocenters. The van der Waals surface area contributed by atoms with Gasteiger partial charge in [-0.05, 0) is 36.1 Å². The molecule has 0 N–H and O–H groups in total. The number of halogens is 1. The van der Waals surface area contributed by atoms with Crippen LogP contribution in [0, 0.1) is 10.1 Å². The van der Waals surface area contributed by atoms with Gasteiger partial charge in [0.25, 0.3) is 5.69 Å². The summed E-state index contributed by atoms with van der Waals surface area (Å²) in [6, 6.07) is 27.0. The van der Waals surface area contributed by atoms with Crippen LogP contribution in [0.25, 0.3) is 11.3 Å². The summed E-state index contributed by atoms with van der Waals surface area (Å²) in [5.74, 6) is 0.658. The van der Waals surface area contributed by atoms with Crippen molar-refractivity contribution in [2.75, 3.05) is 13.1 Å². The molecule has 220 valence electrons. The number of ether oxygens (including phenoxy) is 1. The highest BCUT2D eigenvalue weighted by Gasteiger charge is 2.23. The van der Waals surface area contributed by atoms with E-state index in [0.29, 0.717) is 12.2 Å². The number of likely N-dealkylation sites (tertiary alicyclic amines) is 1. The Morgan fingerprint density at radius 1 is 1.02 bits per heavy atom. The lowest BCUT2D eigenvalue weighted by Gasteiger charge is -2.31.